The molecule has 1 saturated heterocycles. The first-order valence-electron chi connectivity index (χ1n) is 24.5. The van der Waals surface area contributed by atoms with Crippen LogP contribution in [0, 0.1) is 23.7 Å². The van der Waals surface area contributed by atoms with Crippen molar-refractivity contribution in [3.05, 3.63) is 93.9 Å². The van der Waals surface area contributed by atoms with Crippen LogP contribution in [0.5, 0.6) is 23.0 Å². The van der Waals surface area contributed by atoms with Crippen LogP contribution in [0.25, 0.3) is 6.08 Å². The van der Waals surface area contributed by atoms with Crippen LogP contribution in [0.15, 0.2) is 76.6 Å². The number of ether oxygens (including phenoxy) is 6. The van der Waals surface area contributed by atoms with Gasteiger partial charge in [-0.15, -0.1) is 5.10 Å². The van der Waals surface area contributed by atoms with Gasteiger partial charge in [-0.3, -0.25) is 4.79 Å². The van der Waals surface area contributed by atoms with E-state index < -0.39 is 95.6 Å². The standard InChI is InChI=1S/C54H64N4O14/c1-26(2)11-10-20-52(8)21-19-33-44(71-52)32(17-12-27(3)4)46-37(45(33)70-49(65)30-13-15-31(16-14-30)68-50-43(62)42(61)41(60)36(24-59)69-50)39-38-40(58-25-55-51(56-39)57-58)34-23-35(28(5)6)54(38,72-46)53(66,47(34)63)22-18-29(7)48(64)67-9/h11-16,18-19,21,25,28,34-36,38,40-43,50,59-62,66H,10,17,20,22-24H2,1-9H3/t34?,35?,36-,38?,40?,41-,42+,43-,50-,52?,53?,54?/m0/s1. The highest BCUT2D eigenvalue weighted by Gasteiger charge is 2.79. The fourth-order valence-electron chi connectivity index (χ4n) is 11.5. The number of esters is 2. The Bertz CT molecular complexity index is 2820. The summed E-state index contributed by atoms with van der Waals surface area (Å²) in [5.41, 5.74) is -0.719. The Kier molecular flexibility index (Phi) is 13.5. The monoisotopic (exact) mass is 992 g/mol. The molecule has 18 heteroatoms. The zero-order valence-corrected chi connectivity index (χ0v) is 42.0. The fraction of sp³-hybridized carbons (Fsp3) is 0.519. The fourth-order valence-corrected chi connectivity index (χ4v) is 11.5. The molecule has 7 unspecified atom stereocenters. The molecule has 384 valence electrons. The summed E-state index contributed by atoms with van der Waals surface area (Å²) in [5, 5.41) is 59.3. The molecule has 1 spiro atoms. The molecular weight excluding hydrogens is 929 g/mol. The quantitative estimate of drug-likeness (QED) is 0.0568. The van der Waals surface area contributed by atoms with Gasteiger partial charge in [-0.25, -0.2) is 19.3 Å². The molecule has 5 N–H and O–H groups in total. The van der Waals surface area contributed by atoms with Crippen molar-refractivity contribution in [1.82, 2.24) is 14.8 Å². The van der Waals surface area contributed by atoms with Crippen molar-refractivity contribution in [2.45, 2.75) is 141 Å². The lowest BCUT2D eigenvalue weighted by molar-refractivity contribution is -0.277. The largest absolute Gasteiger partial charge is 0.482 e. The molecule has 18 nitrogen and oxygen atoms in total. The Morgan fingerprint density at radius 3 is 2.36 bits per heavy atom. The number of aliphatic imine (C=N–C) groups is 1. The number of aliphatic hydroxyl groups excluding tert-OH is 4. The number of methoxy groups -OCH3 is 1. The minimum absolute atomic E-state index is 0.0544. The topological polar surface area (TPSA) is 251 Å². The Morgan fingerprint density at radius 2 is 1.69 bits per heavy atom. The minimum Gasteiger partial charge on any atom is -0.482 e. The molecule has 0 radical (unpaired) electrons. The molecule has 3 saturated carbocycles. The van der Waals surface area contributed by atoms with Crippen LogP contribution < -0.4 is 18.9 Å². The molecular formula is C54H64N4O14. The highest BCUT2D eigenvalue weighted by atomic mass is 16.7. The number of hydrogen-bond acceptors (Lipinski definition) is 17. The van der Waals surface area contributed by atoms with E-state index in [2.05, 4.69) is 11.1 Å². The molecule has 3 aromatic rings. The zero-order valence-electron chi connectivity index (χ0n) is 42.0. The van der Waals surface area contributed by atoms with Crippen LogP contribution in [-0.4, -0.2) is 125 Å². The summed E-state index contributed by atoms with van der Waals surface area (Å²) in [7, 11) is 1.27. The number of Topliss-reactive ketones (excluding diaryl/α,β-unsaturated/α-hetero) is 1. The molecule has 72 heavy (non-hydrogen) atoms. The van der Waals surface area contributed by atoms with Crippen molar-refractivity contribution in [3.63, 3.8) is 0 Å². The molecule has 3 aliphatic carbocycles. The summed E-state index contributed by atoms with van der Waals surface area (Å²) < 4.78 is 39.5. The number of carbonyl (C=O) groups is 3. The Hall–Kier alpha value is -6.02. The predicted octanol–water partition coefficient (Wildman–Crippen LogP) is 5.63. The highest BCUT2D eigenvalue weighted by Crippen LogP contribution is 2.68. The van der Waals surface area contributed by atoms with Gasteiger partial charge in [0, 0.05) is 29.4 Å². The van der Waals surface area contributed by atoms with Crippen molar-refractivity contribution >= 4 is 35.5 Å². The molecule has 2 aromatic carbocycles. The maximum Gasteiger partial charge on any atom is 0.343 e. The maximum absolute atomic E-state index is 15.3. The van der Waals surface area contributed by atoms with Gasteiger partial charge in [-0.05, 0) is 110 Å². The number of allylic oxidation sites excluding steroid dienone is 4. The Morgan fingerprint density at radius 1 is 0.972 bits per heavy atom. The summed E-state index contributed by atoms with van der Waals surface area (Å²) in [6.07, 6.45) is 5.14. The van der Waals surface area contributed by atoms with Gasteiger partial charge in [0.15, 0.2) is 22.7 Å². The molecule has 4 aliphatic heterocycles. The van der Waals surface area contributed by atoms with Crippen LogP contribution in [-0.2, 0) is 25.5 Å². The van der Waals surface area contributed by atoms with Gasteiger partial charge in [-0.2, -0.15) is 4.98 Å². The van der Waals surface area contributed by atoms with Gasteiger partial charge in [-0.1, -0.05) is 43.2 Å². The number of aliphatic hydroxyl groups is 5. The molecule has 10 rings (SSSR count). The van der Waals surface area contributed by atoms with E-state index in [0.29, 0.717) is 47.4 Å². The van der Waals surface area contributed by atoms with E-state index in [0.717, 1.165) is 11.1 Å². The lowest BCUT2D eigenvalue weighted by Crippen LogP contribution is -2.81. The lowest BCUT2D eigenvalue weighted by atomic mass is 9.43. The van der Waals surface area contributed by atoms with E-state index in [4.69, 9.17) is 38.5 Å². The SMILES string of the molecule is COC(=O)C(C)=CCC1(O)C(=O)C2CC(C(C)C)C13Oc1c(CC=C(C)C)c4c(c(OC(=O)c5ccc(O[C@H]6O[C@@H](CO)[C@H](O)[C@@H](O)[C@@H]6O)cc5)c1C1=Nc5ncn(n5)C2C13)C=CC(C)(CCC=C(C)C)O4. The number of nitrogens with zero attached hydrogens (tertiary/aromatic N) is 4. The molecule has 1 aromatic heterocycles. The summed E-state index contributed by atoms with van der Waals surface area (Å²) in [5.74, 6) is -3.31. The number of fused-ring (bicyclic) bond motifs is 7. The van der Waals surface area contributed by atoms with Crippen LogP contribution >= 0.6 is 0 Å². The van der Waals surface area contributed by atoms with Crippen molar-refractivity contribution < 1.29 is 68.3 Å². The lowest BCUT2D eigenvalue weighted by Gasteiger charge is -2.67. The highest BCUT2D eigenvalue weighted by molar-refractivity contribution is 6.14. The average molecular weight is 993 g/mol. The van der Waals surface area contributed by atoms with E-state index in [1.807, 2.05) is 66.7 Å². The van der Waals surface area contributed by atoms with E-state index in [9.17, 15) is 35.1 Å². The molecule has 0 amide bonds. The van der Waals surface area contributed by atoms with Gasteiger partial charge < -0.3 is 54.0 Å². The van der Waals surface area contributed by atoms with Crippen LogP contribution in [0.3, 0.4) is 0 Å². The predicted molar refractivity (Wildman–Crippen MR) is 261 cm³/mol. The molecule has 5 heterocycles. The third kappa shape index (κ3) is 8.38. The number of carbonyl (C=O) groups excluding carboxylic acids is 3. The minimum atomic E-state index is -2.23. The smallest absolute Gasteiger partial charge is 0.343 e. The molecule has 12 atom stereocenters. The first-order valence-corrected chi connectivity index (χ1v) is 24.5. The second-order valence-electron chi connectivity index (χ2n) is 20.9. The average Bonchev–Trinajstić information content (AvgIpc) is 3.74. The van der Waals surface area contributed by atoms with Crippen molar-refractivity contribution in [1.29, 1.82) is 0 Å². The number of benzene rings is 2. The summed E-state index contributed by atoms with van der Waals surface area (Å²) >= 11 is 0. The molecule has 7 aliphatic rings. The number of aromatic nitrogens is 3. The van der Waals surface area contributed by atoms with E-state index in [-0.39, 0.29) is 53.1 Å². The maximum atomic E-state index is 15.3. The number of hydrogen-bond donors (Lipinski definition) is 5. The van der Waals surface area contributed by atoms with E-state index >= 15 is 4.79 Å². The van der Waals surface area contributed by atoms with Gasteiger partial charge in [0.2, 0.25) is 6.29 Å². The van der Waals surface area contributed by atoms with Gasteiger partial charge in [0.25, 0.3) is 5.95 Å². The van der Waals surface area contributed by atoms with Crippen LogP contribution in [0.4, 0.5) is 5.95 Å². The van der Waals surface area contributed by atoms with Crippen LogP contribution in [0.2, 0.25) is 0 Å². The Balaban J connectivity index is 1.25. The van der Waals surface area contributed by atoms with Crippen molar-refractivity contribution in [2.75, 3.05) is 13.7 Å². The third-order valence-electron chi connectivity index (χ3n) is 15.2. The van der Waals surface area contributed by atoms with E-state index in [1.54, 1.807) is 11.6 Å². The number of ketones is 1. The normalized spacial score (nSPS) is 31.7. The summed E-state index contributed by atoms with van der Waals surface area (Å²) in [6.45, 7) is 15.0. The van der Waals surface area contributed by atoms with Crippen molar-refractivity contribution in [3.8, 4) is 23.0 Å². The van der Waals surface area contributed by atoms with Gasteiger partial charge in [0.1, 0.15) is 53.6 Å². The summed E-state index contributed by atoms with van der Waals surface area (Å²) in [4.78, 5) is 52.6. The Labute approximate surface area is 417 Å². The third-order valence-corrected chi connectivity index (χ3v) is 15.2. The first-order chi connectivity index (χ1) is 34.2. The number of rotatable bonds is 14. The van der Waals surface area contributed by atoms with E-state index in [1.165, 1.54) is 43.8 Å². The second kappa shape index (κ2) is 19.1. The second-order valence-corrected chi connectivity index (χ2v) is 20.9. The molecule has 4 fully saturated rings. The van der Waals surface area contributed by atoms with Gasteiger partial charge in [0.05, 0.1) is 48.1 Å². The van der Waals surface area contributed by atoms with Crippen molar-refractivity contribution in [2.24, 2.45) is 28.7 Å². The van der Waals surface area contributed by atoms with Gasteiger partial charge >= 0.3 is 11.9 Å². The first kappa shape index (κ1) is 50.9. The zero-order chi connectivity index (χ0) is 51.8. The summed E-state index contributed by atoms with van der Waals surface area (Å²) in [6, 6.07) is 5.04. The van der Waals surface area contributed by atoms with Crippen LogP contribution in [0.1, 0.15) is 114 Å². The molecule has 4 bridgehead atoms.